The minimum Gasteiger partial charge on any atom is -0.487 e. The summed E-state index contributed by atoms with van der Waals surface area (Å²) >= 11 is 0. The number of fused-ring (bicyclic) bond motifs is 1. The highest BCUT2D eigenvalue weighted by atomic mass is 16.5. The Morgan fingerprint density at radius 1 is 1.06 bits per heavy atom. The van der Waals surface area contributed by atoms with Crippen LogP contribution in [0.4, 0.5) is 0 Å². The van der Waals surface area contributed by atoms with Crippen LogP contribution in [0, 0.1) is 0 Å². The predicted molar refractivity (Wildman–Crippen MR) is 128 cm³/mol. The first-order chi connectivity index (χ1) is 15.9. The predicted octanol–water partition coefficient (Wildman–Crippen LogP) is 4.18. The van der Waals surface area contributed by atoms with E-state index in [2.05, 4.69) is 40.9 Å². The van der Waals surface area contributed by atoms with Crippen molar-refractivity contribution in [2.75, 3.05) is 7.05 Å². The summed E-state index contributed by atoms with van der Waals surface area (Å²) in [5.41, 5.74) is 2.43. The molecule has 1 aromatic heterocycles. The van der Waals surface area contributed by atoms with Gasteiger partial charge in [-0.2, -0.15) is 0 Å². The summed E-state index contributed by atoms with van der Waals surface area (Å²) in [5, 5.41) is 9.77. The Kier molecular flexibility index (Phi) is 6.68. The van der Waals surface area contributed by atoms with Gasteiger partial charge in [0.25, 0.3) is 5.91 Å². The van der Waals surface area contributed by atoms with Crippen molar-refractivity contribution in [1.29, 1.82) is 0 Å². The first kappa shape index (κ1) is 22.5. The fraction of sp³-hybridized carbons (Fsp3) is 0.308. The molecular formula is C26H30N4O3. The molecule has 0 aliphatic carbocycles. The van der Waals surface area contributed by atoms with Gasteiger partial charge in [-0.05, 0) is 49.7 Å². The van der Waals surface area contributed by atoms with E-state index in [9.17, 15) is 4.79 Å². The van der Waals surface area contributed by atoms with Gasteiger partial charge in [-0.1, -0.05) is 30.3 Å². The maximum Gasteiger partial charge on any atom is 0.251 e. The molecule has 1 unspecified atom stereocenters. The van der Waals surface area contributed by atoms with E-state index < -0.39 is 0 Å². The maximum absolute atomic E-state index is 12.5. The number of carbonyl (C=O) groups is 1. The quantitative estimate of drug-likeness (QED) is 0.391. The largest absolute Gasteiger partial charge is 0.487 e. The van der Waals surface area contributed by atoms with E-state index in [4.69, 9.17) is 9.15 Å². The Morgan fingerprint density at radius 3 is 2.70 bits per heavy atom. The highest BCUT2D eigenvalue weighted by Gasteiger charge is 2.33. The zero-order valence-electron chi connectivity index (χ0n) is 19.2. The molecule has 1 aliphatic heterocycles. The second kappa shape index (κ2) is 9.81. The molecule has 0 saturated carbocycles. The van der Waals surface area contributed by atoms with Crippen LogP contribution in [-0.4, -0.2) is 24.5 Å². The summed E-state index contributed by atoms with van der Waals surface area (Å²) in [7, 11) is 1.75. The number of rotatable bonds is 6. The molecule has 0 radical (unpaired) electrons. The molecule has 3 aromatic rings. The molecule has 0 fully saturated rings. The van der Waals surface area contributed by atoms with Crippen LogP contribution in [0.2, 0.25) is 0 Å². The van der Waals surface area contributed by atoms with Crippen molar-refractivity contribution in [3.8, 4) is 5.75 Å². The molecule has 33 heavy (non-hydrogen) atoms. The molecule has 1 amide bonds. The van der Waals surface area contributed by atoms with Crippen LogP contribution in [0.1, 0.15) is 53.6 Å². The van der Waals surface area contributed by atoms with Crippen LogP contribution >= 0.6 is 0 Å². The van der Waals surface area contributed by atoms with Crippen LogP contribution in [-0.2, 0) is 13.1 Å². The van der Waals surface area contributed by atoms with Crippen molar-refractivity contribution < 1.29 is 13.9 Å². The van der Waals surface area contributed by atoms with Gasteiger partial charge in [-0.15, -0.1) is 0 Å². The number of hydrogen-bond acceptors (Lipinski definition) is 4. The number of hydrogen-bond donors (Lipinski definition) is 3. The molecule has 7 heteroatoms. The molecule has 4 rings (SSSR count). The fourth-order valence-corrected chi connectivity index (χ4v) is 3.98. The first-order valence-corrected chi connectivity index (χ1v) is 11.1. The Balaban J connectivity index is 1.37. The molecule has 0 saturated heterocycles. The van der Waals surface area contributed by atoms with Crippen molar-refractivity contribution >= 4 is 11.9 Å². The van der Waals surface area contributed by atoms with Gasteiger partial charge in [0.05, 0.1) is 18.8 Å². The van der Waals surface area contributed by atoms with Crippen LogP contribution in [0.25, 0.3) is 0 Å². The van der Waals surface area contributed by atoms with Gasteiger partial charge in [0.15, 0.2) is 5.96 Å². The van der Waals surface area contributed by atoms with Crippen molar-refractivity contribution in [3.63, 3.8) is 0 Å². The molecule has 172 valence electrons. The number of guanidine groups is 1. The summed E-state index contributed by atoms with van der Waals surface area (Å²) < 4.78 is 11.4. The summed E-state index contributed by atoms with van der Waals surface area (Å²) in [5.74, 6) is 2.17. The highest BCUT2D eigenvalue weighted by Crippen LogP contribution is 2.39. The SMILES string of the molecule is CN=C(NCc1cccc(C(=O)NCc2ccco2)c1)NC1CC(C)(C)Oc2ccccc21. The Hall–Kier alpha value is -3.74. The molecule has 0 bridgehead atoms. The minimum atomic E-state index is -0.276. The van der Waals surface area contributed by atoms with E-state index in [-0.39, 0.29) is 17.6 Å². The van der Waals surface area contributed by atoms with E-state index in [1.807, 2.05) is 42.5 Å². The van der Waals surface area contributed by atoms with E-state index in [0.29, 0.717) is 30.4 Å². The zero-order chi connectivity index (χ0) is 23.3. The van der Waals surface area contributed by atoms with Crippen LogP contribution in [0.5, 0.6) is 5.75 Å². The average Bonchev–Trinajstić information content (AvgIpc) is 3.33. The van der Waals surface area contributed by atoms with E-state index in [1.165, 1.54) is 0 Å². The number of nitrogens with zero attached hydrogens (tertiary/aromatic N) is 1. The van der Waals surface area contributed by atoms with Crippen LogP contribution in [0.3, 0.4) is 0 Å². The lowest BCUT2D eigenvalue weighted by molar-refractivity contribution is 0.0694. The molecule has 3 N–H and O–H groups in total. The molecule has 1 aliphatic rings. The van der Waals surface area contributed by atoms with Crippen molar-refractivity contribution in [1.82, 2.24) is 16.0 Å². The summed E-state index contributed by atoms with van der Waals surface area (Å²) in [4.78, 5) is 16.9. The first-order valence-electron chi connectivity index (χ1n) is 11.1. The van der Waals surface area contributed by atoms with Gasteiger partial charge in [0.1, 0.15) is 17.1 Å². The molecule has 0 spiro atoms. The molecule has 1 atom stereocenters. The van der Waals surface area contributed by atoms with Crippen LogP contribution < -0.4 is 20.7 Å². The number of benzene rings is 2. The van der Waals surface area contributed by atoms with E-state index in [1.54, 1.807) is 25.4 Å². The Labute approximate surface area is 194 Å². The van der Waals surface area contributed by atoms with Gasteiger partial charge < -0.3 is 25.1 Å². The number of nitrogens with one attached hydrogen (secondary N) is 3. The van der Waals surface area contributed by atoms with E-state index in [0.717, 1.165) is 23.3 Å². The molecule has 2 heterocycles. The number of para-hydroxylation sites is 1. The molecule has 2 aromatic carbocycles. The third-order valence-electron chi connectivity index (χ3n) is 5.56. The molecule has 7 nitrogen and oxygen atoms in total. The number of amides is 1. The minimum absolute atomic E-state index is 0.0786. The third-order valence-corrected chi connectivity index (χ3v) is 5.56. The lowest BCUT2D eigenvalue weighted by Gasteiger charge is -2.38. The monoisotopic (exact) mass is 446 g/mol. The smallest absolute Gasteiger partial charge is 0.251 e. The third kappa shape index (κ3) is 5.74. The van der Waals surface area contributed by atoms with Gasteiger partial charge >= 0.3 is 0 Å². The number of ether oxygens (including phenoxy) is 1. The van der Waals surface area contributed by atoms with Crippen molar-refractivity contribution in [2.24, 2.45) is 4.99 Å². The standard InChI is InChI=1S/C26H30N4O3/c1-26(2)15-22(21-11-4-5-12-23(21)33-26)30-25(27-3)29-16-18-8-6-9-19(14-18)24(31)28-17-20-10-7-13-32-20/h4-14,22H,15-17H2,1-3H3,(H,28,31)(H2,27,29,30). The summed E-state index contributed by atoms with van der Waals surface area (Å²) in [6, 6.07) is 19.4. The second-order valence-electron chi connectivity index (χ2n) is 8.69. The van der Waals surface area contributed by atoms with E-state index >= 15 is 0 Å². The lowest BCUT2D eigenvalue weighted by Crippen LogP contribution is -2.45. The maximum atomic E-state index is 12.5. The van der Waals surface area contributed by atoms with Gasteiger partial charge in [-0.25, -0.2) is 0 Å². The highest BCUT2D eigenvalue weighted by molar-refractivity contribution is 5.94. The Bertz CT molecular complexity index is 1120. The van der Waals surface area contributed by atoms with Crippen molar-refractivity contribution in [2.45, 2.75) is 45.0 Å². The fourth-order valence-electron chi connectivity index (χ4n) is 3.98. The summed E-state index contributed by atoms with van der Waals surface area (Å²) in [6.45, 7) is 5.08. The van der Waals surface area contributed by atoms with Gasteiger partial charge in [0.2, 0.25) is 0 Å². The summed E-state index contributed by atoms with van der Waals surface area (Å²) in [6.07, 6.45) is 2.41. The van der Waals surface area contributed by atoms with Gasteiger partial charge in [-0.3, -0.25) is 9.79 Å². The average molecular weight is 447 g/mol. The lowest BCUT2D eigenvalue weighted by atomic mass is 9.90. The van der Waals surface area contributed by atoms with Crippen LogP contribution in [0.15, 0.2) is 76.3 Å². The Morgan fingerprint density at radius 2 is 1.91 bits per heavy atom. The number of carbonyl (C=O) groups excluding carboxylic acids is 1. The van der Waals surface area contributed by atoms with Crippen molar-refractivity contribution in [3.05, 3.63) is 89.4 Å². The zero-order valence-corrected chi connectivity index (χ0v) is 19.2. The number of furan rings is 1. The topological polar surface area (TPSA) is 87.9 Å². The normalized spacial score (nSPS) is 16.9. The second-order valence-corrected chi connectivity index (χ2v) is 8.69. The number of aliphatic imine (C=N–C) groups is 1. The molecular weight excluding hydrogens is 416 g/mol. The van der Waals surface area contributed by atoms with Gasteiger partial charge in [0, 0.05) is 31.1 Å².